The summed E-state index contributed by atoms with van der Waals surface area (Å²) in [4.78, 5) is 13.4. The quantitative estimate of drug-likeness (QED) is 0.774. The average molecular weight is 396 g/mol. The molecule has 24 heavy (non-hydrogen) atoms. The predicted octanol–water partition coefficient (Wildman–Crippen LogP) is 2.91. The Morgan fingerprint density at radius 3 is 2.50 bits per heavy atom. The van der Waals surface area contributed by atoms with Gasteiger partial charge in [-0.2, -0.15) is 0 Å². The van der Waals surface area contributed by atoms with Gasteiger partial charge in [-0.3, -0.25) is 4.79 Å². The van der Waals surface area contributed by atoms with Crippen molar-refractivity contribution >= 4 is 27.5 Å². The lowest BCUT2D eigenvalue weighted by molar-refractivity contribution is -0.916. The zero-order chi connectivity index (χ0) is 17.1. The summed E-state index contributed by atoms with van der Waals surface area (Å²) in [6.07, 6.45) is 2.16. The average Bonchev–Trinajstić information content (AvgIpc) is 3.36. The number of carbonyl (C=O) groups excluding carboxylic acids is 1. The SMILES string of the molecule is O=C(C[NH+](Cc1ccc(F)cc1)C1CC1)Nc1ccc(Br)cc1F. The normalized spacial score (nSPS) is 15.1. The van der Waals surface area contributed by atoms with E-state index in [1.807, 2.05) is 0 Å². The first-order valence-electron chi connectivity index (χ1n) is 7.85. The topological polar surface area (TPSA) is 33.5 Å². The van der Waals surface area contributed by atoms with Crippen LogP contribution in [0.25, 0.3) is 0 Å². The molecule has 3 rings (SSSR count). The van der Waals surface area contributed by atoms with E-state index >= 15 is 0 Å². The van der Waals surface area contributed by atoms with Crippen molar-refractivity contribution in [2.24, 2.45) is 0 Å². The van der Waals surface area contributed by atoms with E-state index in [9.17, 15) is 13.6 Å². The van der Waals surface area contributed by atoms with Crippen molar-refractivity contribution < 1.29 is 18.5 Å². The zero-order valence-corrected chi connectivity index (χ0v) is 14.6. The van der Waals surface area contributed by atoms with Crippen LogP contribution in [0.5, 0.6) is 0 Å². The van der Waals surface area contributed by atoms with E-state index in [0.717, 1.165) is 23.3 Å². The highest BCUT2D eigenvalue weighted by molar-refractivity contribution is 9.10. The Morgan fingerprint density at radius 2 is 1.88 bits per heavy atom. The van der Waals surface area contributed by atoms with E-state index in [-0.39, 0.29) is 24.0 Å². The molecule has 2 aromatic carbocycles. The molecule has 1 fully saturated rings. The summed E-state index contributed by atoms with van der Waals surface area (Å²) in [5.41, 5.74) is 1.17. The first-order valence-corrected chi connectivity index (χ1v) is 8.64. The molecule has 0 spiro atoms. The lowest BCUT2D eigenvalue weighted by atomic mass is 10.2. The molecule has 0 radical (unpaired) electrons. The van der Waals surface area contributed by atoms with Gasteiger partial charge in [0.25, 0.3) is 5.91 Å². The third kappa shape index (κ3) is 4.61. The molecule has 3 nitrogen and oxygen atoms in total. The van der Waals surface area contributed by atoms with Crippen LogP contribution < -0.4 is 10.2 Å². The molecule has 0 saturated heterocycles. The molecule has 0 aliphatic heterocycles. The van der Waals surface area contributed by atoms with Gasteiger partial charge in [-0.05, 0) is 30.3 Å². The van der Waals surface area contributed by atoms with Gasteiger partial charge in [0, 0.05) is 22.9 Å². The molecular formula is C18H18BrF2N2O+. The molecule has 6 heteroatoms. The molecule has 1 saturated carbocycles. The summed E-state index contributed by atoms with van der Waals surface area (Å²) in [5.74, 6) is -0.959. The molecule has 1 aliphatic rings. The summed E-state index contributed by atoms with van der Waals surface area (Å²) in [5, 5.41) is 2.63. The van der Waals surface area contributed by atoms with Crippen molar-refractivity contribution in [3.63, 3.8) is 0 Å². The van der Waals surface area contributed by atoms with Crippen LogP contribution >= 0.6 is 15.9 Å². The molecular weight excluding hydrogens is 378 g/mol. The van der Waals surface area contributed by atoms with Gasteiger partial charge >= 0.3 is 0 Å². The van der Waals surface area contributed by atoms with E-state index in [2.05, 4.69) is 21.2 Å². The standard InChI is InChI=1S/C18H17BrF2N2O/c19-13-3-8-17(16(21)9-13)22-18(24)11-23(15-6-7-15)10-12-1-4-14(20)5-2-12/h1-5,8-9,15H,6-7,10-11H2,(H,22,24)/p+1. The highest BCUT2D eigenvalue weighted by Gasteiger charge is 2.34. The van der Waals surface area contributed by atoms with Crippen LogP contribution in [0.3, 0.4) is 0 Å². The minimum atomic E-state index is -0.468. The van der Waals surface area contributed by atoms with Crippen molar-refractivity contribution in [1.29, 1.82) is 0 Å². The molecule has 1 atom stereocenters. The fourth-order valence-corrected chi connectivity index (χ4v) is 3.03. The van der Waals surface area contributed by atoms with Crippen LogP contribution in [0.2, 0.25) is 0 Å². The van der Waals surface area contributed by atoms with Crippen molar-refractivity contribution in [3.8, 4) is 0 Å². The molecule has 0 aromatic heterocycles. The molecule has 1 amide bonds. The second-order valence-electron chi connectivity index (χ2n) is 6.08. The molecule has 1 unspecified atom stereocenters. The number of hydrogen-bond donors (Lipinski definition) is 2. The Labute approximate surface area is 147 Å². The Kier molecular flexibility index (Phi) is 5.26. The van der Waals surface area contributed by atoms with Gasteiger partial charge < -0.3 is 10.2 Å². The van der Waals surface area contributed by atoms with Crippen molar-refractivity contribution in [3.05, 3.63) is 64.1 Å². The second kappa shape index (κ2) is 7.40. The van der Waals surface area contributed by atoms with E-state index in [0.29, 0.717) is 17.1 Å². The number of benzene rings is 2. The highest BCUT2D eigenvalue weighted by Crippen LogP contribution is 2.19. The number of quaternary nitrogens is 1. The monoisotopic (exact) mass is 395 g/mol. The van der Waals surface area contributed by atoms with Gasteiger partial charge in [0.1, 0.15) is 18.2 Å². The maximum Gasteiger partial charge on any atom is 0.279 e. The van der Waals surface area contributed by atoms with E-state index in [1.54, 1.807) is 18.2 Å². The Morgan fingerprint density at radius 1 is 1.17 bits per heavy atom. The van der Waals surface area contributed by atoms with Crippen LogP contribution in [0, 0.1) is 11.6 Å². The van der Waals surface area contributed by atoms with Gasteiger partial charge in [-0.25, -0.2) is 8.78 Å². The lowest BCUT2D eigenvalue weighted by Crippen LogP contribution is -3.13. The third-order valence-electron chi connectivity index (χ3n) is 4.09. The summed E-state index contributed by atoms with van der Waals surface area (Å²) >= 11 is 3.19. The largest absolute Gasteiger partial charge is 0.321 e. The van der Waals surface area contributed by atoms with E-state index in [4.69, 9.17) is 0 Å². The fourth-order valence-electron chi connectivity index (χ4n) is 2.70. The van der Waals surface area contributed by atoms with E-state index < -0.39 is 5.82 Å². The summed E-state index contributed by atoms with van der Waals surface area (Å²) in [6, 6.07) is 11.3. The van der Waals surface area contributed by atoms with Gasteiger partial charge in [-0.15, -0.1) is 0 Å². The number of amides is 1. The molecule has 2 N–H and O–H groups in total. The van der Waals surface area contributed by atoms with Gasteiger partial charge in [-0.1, -0.05) is 28.1 Å². The number of nitrogens with one attached hydrogen (secondary N) is 2. The maximum atomic E-state index is 13.8. The number of halogens is 3. The fraction of sp³-hybridized carbons (Fsp3) is 0.278. The number of anilines is 1. The number of hydrogen-bond acceptors (Lipinski definition) is 1. The smallest absolute Gasteiger partial charge is 0.279 e. The van der Waals surface area contributed by atoms with E-state index in [1.165, 1.54) is 24.3 Å². The van der Waals surface area contributed by atoms with Crippen LogP contribution in [-0.4, -0.2) is 18.5 Å². The Hall–Kier alpha value is -1.79. The lowest BCUT2D eigenvalue weighted by Gasteiger charge is -2.19. The molecule has 0 heterocycles. The Bertz CT molecular complexity index is 732. The molecule has 1 aliphatic carbocycles. The van der Waals surface area contributed by atoms with Crippen LogP contribution in [-0.2, 0) is 11.3 Å². The van der Waals surface area contributed by atoms with Gasteiger partial charge in [0.05, 0.1) is 11.7 Å². The van der Waals surface area contributed by atoms with Crippen molar-refractivity contribution in [1.82, 2.24) is 0 Å². The van der Waals surface area contributed by atoms with Crippen molar-refractivity contribution in [2.75, 3.05) is 11.9 Å². The number of carbonyl (C=O) groups is 1. The minimum absolute atomic E-state index is 0.181. The highest BCUT2D eigenvalue weighted by atomic mass is 79.9. The molecule has 2 aromatic rings. The predicted molar refractivity (Wildman–Crippen MR) is 91.7 cm³/mol. The van der Waals surface area contributed by atoms with Crippen molar-refractivity contribution in [2.45, 2.75) is 25.4 Å². The summed E-state index contributed by atoms with van der Waals surface area (Å²) in [7, 11) is 0. The summed E-state index contributed by atoms with van der Waals surface area (Å²) in [6.45, 7) is 0.915. The summed E-state index contributed by atoms with van der Waals surface area (Å²) < 4.78 is 27.4. The third-order valence-corrected chi connectivity index (χ3v) is 4.59. The Balaban J connectivity index is 1.62. The van der Waals surface area contributed by atoms with Crippen LogP contribution in [0.4, 0.5) is 14.5 Å². The van der Waals surface area contributed by atoms with Gasteiger partial charge in [0.15, 0.2) is 6.54 Å². The first kappa shape index (κ1) is 17.0. The van der Waals surface area contributed by atoms with Crippen LogP contribution in [0.1, 0.15) is 18.4 Å². The number of rotatable bonds is 6. The maximum absolute atomic E-state index is 13.8. The minimum Gasteiger partial charge on any atom is -0.321 e. The van der Waals surface area contributed by atoms with Crippen LogP contribution in [0.15, 0.2) is 46.9 Å². The van der Waals surface area contributed by atoms with Gasteiger partial charge in [0.2, 0.25) is 0 Å². The molecule has 0 bridgehead atoms. The molecule has 126 valence electrons. The first-order chi connectivity index (χ1) is 11.5. The zero-order valence-electron chi connectivity index (χ0n) is 13.0. The second-order valence-corrected chi connectivity index (χ2v) is 7.00.